The van der Waals surface area contributed by atoms with E-state index >= 15 is 0 Å². The standard InChI is InChI=1S/C40H32OP2/c1-29-27-30(2)38-36(28-29)41-40(43(33-21-11-5-12-22-33)34-23-13-6-14-24-34)39(38)35-25-15-16-26-37(35)42(31-17-7-3-8-18-31)32-19-9-4-10-20-32/h3-28H,1-2H3. The molecule has 0 amide bonds. The molecule has 0 saturated heterocycles. The Balaban J connectivity index is 1.57. The molecule has 0 atom stereocenters. The summed E-state index contributed by atoms with van der Waals surface area (Å²) in [6.45, 7) is 4.38. The van der Waals surface area contributed by atoms with Gasteiger partial charge in [0, 0.05) is 18.9 Å². The maximum atomic E-state index is 7.07. The molecule has 3 heteroatoms. The lowest BCUT2D eigenvalue weighted by Gasteiger charge is -2.24. The first-order valence-corrected chi connectivity index (χ1v) is 17.3. The molecule has 7 rings (SSSR count). The minimum Gasteiger partial charge on any atom is -0.455 e. The molecule has 1 nitrogen and oxygen atoms in total. The zero-order valence-electron chi connectivity index (χ0n) is 24.3. The molecule has 1 heterocycles. The van der Waals surface area contributed by atoms with Crippen molar-refractivity contribution in [2.24, 2.45) is 0 Å². The van der Waals surface area contributed by atoms with Gasteiger partial charge in [-0.2, -0.15) is 0 Å². The summed E-state index contributed by atoms with van der Waals surface area (Å²) >= 11 is 0. The fraction of sp³-hybridized carbons (Fsp3) is 0.0500. The predicted octanol–water partition coefficient (Wildman–Crippen LogP) is 8.23. The molecule has 0 aliphatic rings. The Morgan fingerprint density at radius 3 is 1.42 bits per heavy atom. The highest BCUT2D eigenvalue weighted by Crippen LogP contribution is 2.45. The fourth-order valence-corrected chi connectivity index (χ4v) is 10.8. The first kappa shape index (κ1) is 27.5. The van der Waals surface area contributed by atoms with Gasteiger partial charge in [-0.25, -0.2) is 0 Å². The number of aryl methyl sites for hydroxylation is 2. The van der Waals surface area contributed by atoms with Crippen molar-refractivity contribution in [2.45, 2.75) is 13.8 Å². The largest absolute Gasteiger partial charge is 0.455 e. The van der Waals surface area contributed by atoms with Crippen molar-refractivity contribution in [3.05, 3.63) is 169 Å². The van der Waals surface area contributed by atoms with Crippen LogP contribution in [-0.4, -0.2) is 0 Å². The van der Waals surface area contributed by atoms with Crippen molar-refractivity contribution in [1.82, 2.24) is 0 Å². The number of hydrogen-bond donors (Lipinski definition) is 0. The van der Waals surface area contributed by atoms with Gasteiger partial charge < -0.3 is 4.42 Å². The summed E-state index contributed by atoms with van der Waals surface area (Å²) in [4.78, 5) is 0. The first-order chi connectivity index (χ1) is 21.2. The fourth-order valence-electron chi connectivity index (χ4n) is 6.00. The van der Waals surface area contributed by atoms with Crippen LogP contribution in [0, 0.1) is 13.8 Å². The molecule has 208 valence electrons. The zero-order valence-corrected chi connectivity index (χ0v) is 26.1. The molecule has 0 fully saturated rings. The lowest BCUT2D eigenvalue weighted by atomic mass is 10.00. The zero-order chi connectivity index (χ0) is 29.2. The molecule has 1 aromatic heterocycles. The monoisotopic (exact) mass is 590 g/mol. The van der Waals surface area contributed by atoms with Crippen LogP contribution in [0.25, 0.3) is 22.1 Å². The maximum absolute atomic E-state index is 7.07. The van der Waals surface area contributed by atoms with Gasteiger partial charge in [0.1, 0.15) is 11.1 Å². The third-order valence-corrected chi connectivity index (χ3v) is 12.6. The summed E-state index contributed by atoms with van der Waals surface area (Å²) in [7, 11) is -1.78. The second-order valence-electron chi connectivity index (χ2n) is 10.8. The SMILES string of the molecule is Cc1cc(C)c2c(-c3ccccc3P(c3ccccc3)c3ccccc3)c(P(c3ccccc3)c3ccccc3)oc2c1. The van der Waals surface area contributed by atoms with E-state index in [9.17, 15) is 0 Å². The second-order valence-corrected chi connectivity index (χ2v) is 15.1. The van der Waals surface area contributed by atoms with E-state index in [4.69, 9.17) is 4.42 Å². The number of fused-ring (bicyclic) bond motifs is 1. The topological polar surface area (TPSA) is 13.1 Å². The van der Waals surface area contributed by atoms with Crippen molar-refractivity contribution in [2.75, 3.05) is 0 Å². The van der Waals surface area contributed by atoms with Crippen LogP contribution in [0.5, 0.6) is 0 Å². The highest BCUT2D eigenvalue weighted by atomic mass is 31.1. The molecule has 0 unspecified atom stereocenters. The Bertz CT molecular complexity index is 1900. The molecule has 6 aromatic carbocycles. The van der Waals surface area contributed by atoms with Crippen LogP contribution < -0.4 is 32.0 Å². The summed E-state index contributed by atoms with van der Waals surface area (Å²) in [6, 6.07) is 57.2. The molecular formula is C40H32OP2. The van der Waals surface area contributed by atoms with Gasteiger partial charge in [0.05, 0.1) is 0 Å². The van der Waals surface area contributed by atoms with Crippen LogP contribution in [0.4, 0.5) is 0 Å². The molecule has 0 radical (unpaired) electrons. The summed E-state index contributed by atoms with van der Waals surface area (Å²) in [5.41, 5.74) is 6.95. The Morgan fingerprint density at radius 2 is 0.907 bits per heavy atom. The van der Waals surface area contributed by atoms with E-state index in [0.29, 0.717) is 0 Å². The van der Waals surface area contributed by atoms with E-state index in [2.05, 4.69) is 172 Å². The van der Waals surface area contributed by atoms with Gasteiger partial charge in [-0.05, 0) is 71.0 Å². The molecular weight excluding hydrogens is 558 g/mol. The van der Waals surface area contributed by atoms with Gasteiger partial charge in [0.25, 0.3) is 0 Å². The van der Waals surface area contributed by atoms with Crippen molar-refractivity contribution in [3.63, 3.8) is 0 Å². The number of rotatable bonds is 7. The molecule has 0 aliphatic heterocycles. The van der Waals surface area contributed by atoms with E-state index in [1.807, 2.05) is 0 Å². The van der Waals surface area contributed by atoms with Gasteiger partial charge in [-0.15, -0.1) is 0 Å². The summed E-state index contributed by atoms with van der Waals surface area (Å²) < 4.78 is 7.07. The van der Waals surface area contributed by atoms with Crippen LogP contribution in [0.2, 0.25) is 0 Å². The summed E-state index contributed by atoms with van der Waals surface area (Å²) in [5.74, 6) is 0. The van der Waals surface area contributed by atoms with Crippen molar-refractivity contribution in [3.8, 4) is 11.1 Å². The average Bonchev–Trinajstić information content (AvgIpc) is 3.42. The van der Waals surface area contributed by atoms with Crippen molar-refractivity contribution in [1.29, 1.82) is 0 Å². The van der Waals surface area contributed by atoms with Crippen LogP contribution in [0.15, 0.2) is 162 Å². The number of hydrogen-bond acceptors (Lipinski definition) is 1. The molecule has 0 N–H and O–H groups in total. The van der Waals surface area contributed by atoms with Crippen LogP contribution in [0.3, 0.4) is 0 Å². The molecule has 43 heavy (non-hydrogen) atoms. The minimum absolute atomic E-state index is 0.817. The van der Waals surface area contributed by atoms with E-state index < -0.39 is 15.8 Å². The lowest BCUT2D eigenvalue weighted by Crippen LogP contribution is -2.24. The molecule has 0 aliphatic carbocycles. The molecule has 0 spiro atoms. The van der Waals surface area contributed by atoms with Gasteiger partial charge >= 0.3 is 0 Å². The van der Waals surface area contributed by atoms with E-state index in [1.54, 1.807) is 0 Å². The van der Waals surface area contributed by atoms with Crippen molar-refractivity contribution >= 4 is 58.8 Å². The van der Waals surface area contributed by atoms with Gasteiger partial charge in [-0.1, -0.05) is 152 Å². The molecule has 0 saturated carbocycles. The van der Waals surface area contributed by atoms with E-state index in [0.717, 1.165) is 11.1 Å². The highest BCUT2D eigenvalue weighted by molar-refractivity contribution is 7.80. The summed E-state index contributed by atoms with van der Waals surface area (Å²) in [6.07, 6.45) is 0. The van der Waals surface area contributed by atoms with Crippen LogP contribution in [-0.2, 0) is 0 Å². The number of furan rings is 1. The van der Waals surface area contributed by atoms with Crippen LogP contribution >= 0.6 is 15.8 Å². The van der Waals surface area contributed by atoms with Crippen LogP contribution in [0.1, 0.15) is 11.1 Å². The lowest BCUT2D eigenvalue weighted by molar-refractivity contribution is 0.655. The van der Waals surface area contributed by atoms with Gasteiger partial charge in [0.15, 0.2) is 0 Å². The van der Waals surface area contributed by atoms with Gasteiger partial charge in [0.2, 0.25) is 0 Å². The predicted molar refractivity (Wildman–Crippen MR) is 189 cm³/mol. The number of benzene rings is 6. The Morgan fingerprint density at radius 1 is 0.465 bits per heavy atom. The smallest absolute Gasteiger partial charge is 0.143 e. The molecule has 7 aromatic rings. The third kappa shape index (κ3) is 5.36. The first-order valence-electron chi connectivity index (χ1n) is 14.6. The Kier molecular flexibility index (Phi) is 7.78. The second kappa shape index (κ2) is 12.1. The Hall–Kier alpha value is -4.28. The van der Waals surface area contributed by atoms with E-state index in [1.165, 1.54) is 54.2 Å². The van der Waals surface area contributed by atoms with Gasteiger partial charge in [-0.3, -0.25) is 0 Å². The normalized spacial score (nSPS) is 11.4. The quantitative estimate of drug-likeness (QED) is 0.171. The van der Waals surface area contributed by atoms with E-state index in [-0.39, 0.29) is 0 Å². The maximum Gasteiger partial charge on any atom is 0.143 e. The minimum atomic E-state index is -0.959. The average molecular weight is 591 g/mol. The van der Waals surface area contributed by atoms with Crippen molar-refractivity contribution < 1.29 is 4.42 Å². The Labute approximate surface area is 256 Å². The third-order valence-electron chi connectivity index (χ3n) is 7.79. The molecule has 0 bridgehead atoms. The summed E-state index contributed by atoms with van der Waals surface area (Å²) in [5, 5.41) is 7.80. The highest BCUT2D eigenvalue weighted by Gasteiger charge is 2.30.